The molecule has 0 unspecified atom stereocenters. The Labute approximate surface area is 117 Å². The number of hydrogen-bond acceptors (Lipinski definition) is 4. The van der Waals surface area contributed by atoms with Gasteiger partial charge >= 0.3 is 0 Å². The number of hydrogen-bond donors (Lipinski definition) is 1. The fourth-order valence-electron chi connectivity index (χ4n) is 2.02. The van der Waals surface area contributed by atoms with Crippen molar-refractivity contribution in [2.24, 2.45) is 0 Å². The van der Waals surface area contributed by atoms with E-state index < -0.39 is 0 Å². The fraction of sp³-hybridized carbons (Fsp3) is 0.267. The van der Waals surface area contributed by atoms with Gasteiger partial charge in [-0.25, -0.2) is 0 Å². The van der Waals surface area contributed by atoms with E-state index in [2.05, 4.69) is 10.2 Å². The van der Waals surface area contributed by atoms with Crippen LogP contribution >= 0.6 is 0 Å². The van der Waals surface area contributed by atoms with Crippen LogP contribution in [0.25, 0.3) is 0 Å². The second kappa shape index (κ2) is 5.69. The number of rotatable bonds is 3. The Morgan fingerprint density at radius 1 is 1.25 bits per heavy atom. The Morgan fingerprint density at radius 2 is 2.00 bits per heavy atom. The minimum Gasteiger partial charge on any atom is -0.508 e. The van der Waals surface area contributed by atoms with Crippen molar-refractivity contribution in [3.8, 4) is 5.75 Å². The number of carbonyl (C=O) groups is 1. The molecule has 104 valence electrons. The van der Waals surface area contributed by atoms with Crippen LogP contribution in [0, 0.1) is 13.8 Å². The van der Waals surface area contributed by atoms with E-state index >= 15 is 0 Å². The number of phenols is 1. The standard InChI is InChI=1S/C15H17N3O2/c1-4-18(12-6-5-7-13(19)9-12)15(20)14-8-10(2)16-17-11(14)3/h5-9,19H,4H2,1-3H3. The van der Waals surface area contributed by atoms with Gasteiger partial charge in [-0.3, -0.25) is 4.79 Å². The van der Waals surface area contributed by atoms with Gasteiger partial charge in [0.25, 0.3) is 5.91 Å². The number of nitrogens with zero attached hydrogens (tertiary/aromatic N) is 3. The molecule has 5 nitrogen and oxygen atoms in total. The Bertz CT molecular complexity index is 641. The lowest BCUT2D eigenvalue weighted by molar-refractivity contribution is 0.0987. The maximum atomic E-state index is 12.6. The smallest absolute Gasteiger partial charge is 0.260 e. The van der Waals surface area contributed by atoms with E-state index in [1.807, 2.05) is 6.92 Å². The third-order valence-electron chi connectivity index (χ3n) is 3.03. The molecule has 2 aromatic rings. The molecular formula is C15H17N3O2. The van der Waals surface area contributed by atoms with Crippen molar-refractivity contribution < 1.29 is 9.90 Å². The van der Waals surface area contributed by atoms with Gasteiger partial charge in [0.1, 0.15) is 5.75 Å². The quantitative estimate of drug-likeness (QED) is 0.931. The number of carbonyl (C=O) groups excluding carboxylic acids is 1. The van der Waals surface area contributed by atoms with Gasteiger partial charge < -0.3 is 10.0 Å². The van der Waals surface area contributed by atoms with Crippen LogP contribution in [-0.2, 0) is 0 Å². The van der Waals surface area contributed by atoms with E-state index in [1.165, 1.54) is 0 Å². The van der Waals surface area contributed by atoms with Crippen LogP contribution in [-0.4, -0.2) is 27.8 Å². The molecule has 0 bridgehead atoms. The van der Waals surface area contributed by atoms with Crippen molar-refractivity contribution in [3.05, 3.63) is 47.3 Å². The van der Waals surface area contributed by atoms with Crippen molar-refractivity contribution in [3.63, 3.8) is 0 Å². The summed E-state index contributed by atoms with van der Waals surface area (Å²) >= 11 is 0. The molecule has 1 N–H and O–H groups in total. The first-order valence-corrected chi connectivity index (χ1v) is 6.44. The maximum Gasteiger partial charge on any atom is 0.260 e. The van der Waals surface area contributed by atoms with Crippen LogP contribution in [0.3, 0.4) is 0 Å². The monoisotopic (exact) mass is 271 g/mol. The molecule has 0 saturated carbocycles. The van der Waals surface area contributed by atoms with Crippen molar-refractivity contribution in [2.75, 3.05) is 11.4 Å². The molecule has 0 aliphatic rings. The first-order valence-electron chi connectivity index (χ1n) is 6.44. The molecule has 20 heavy (non-hydrogen) atoms. The topological polar surface area (TPSA) is 66.3 Å². The van der Waals surface area contributed by atoms with Gasteiger partial charge in [-0.2, -0.15) is 10.2 Å². The molecule has 0 radical (unpaired) electrons. The Hall–Kier alpha value is -2.43. The molecule has 0 aliphatic carbocycles. The van der Waals surface area contributed by atoms with Gasteiger partial charge in [0.15, 0.2) is 0 Å². The van der Waals surface area contributed by atoms with E-state index in [9.17, 15) is 9.90 Å². The SMILES string of the molecule is CCN(C(=O)c1cc(C)nnc1C)c1cccc(O)c1. The predicted molar refractivity (Wildman–Crippen MR) is 77.0 cm³/mol. The summed E-state index contributed by atoms with van der Waals surface area (Å²) < 4.78 is 0. The summed E-state index contributed by atoms with van der Waals surface area (Å²) in [6, 6.07) is 8.38. The van der Waals surface area contributed by atoms with Gasteiger partial charge in [0, 0.05) is 18.3 Å². The summed E-state index contributed by atoms with van der Waals surface area (Å²) in [5, 5.41) is 17.5. The largest absolute Gasteiger partial charge is 0.508 e. The average Bonchev–Trinajstić information content (AvgIpc) is 2.42. The molecular weight excluding hydrogens is 254 g/mol. The molecule has 0 saturated heterocycles. The highest BCUT2D eigenvalue weighted by Gasteiger charge is 2.19. The zero-order valence-electron chi connectivity index (χ0n) is 11.8. The van der Waals surface area contributed by atoms with Crippen LogP contribution in [0.15, 0.2) is 30.3 Å². The van der Waals surface area contributed by atoms with Crippen molar-refractivity contribution >= 4 is 11.6 Å². The second-order valence-electron chi connectivity index (χ2n) is 4.55. The molecule has 1 aromatic carbocycles. The fourth-order valence-corrected chi connectivity index (χ4v) is 2.02. The number of benzene rings is 1. The summed E-state index contributed by atoms with van der Waals surface area (Å²) in [5.41, 5.74) is 2.49. The summed E-state index contributed by atoms with van der Waals surface area (Å²) in [6.07, 6.45) is 0. The normalized spacial score (nSPS) is 10.3. The minimum absolute atomic E-state index is 0.134. The number of aromatic nitrogens is 2. The first-order chi connectivity index (χ1) is 9.52. The van der Waals surface area contributed by atoms with E-state index in [4.69, 9.17) is 0 Å². The molecule has 2 rings (SSSR count). The third kappa shape index (κ3) is 2.77. The Kier molecular flexibility index (Phi) is 3.98. The first kappa shape index (κ1) is 14.0. The lowest BCUT2D eigenvalue weighted by Crippen LogP contribution is -2.31. The number of aryl methyl sites for hydroxylation is 2. The van der Waals surface area contributed by atoms with Crippen LogP contribution in [0.4, 0.5) is 5.69 Å². The van der Waals surface area contributed by atoms with E-state index in [-0.39, 0.29) is 11.7 Å². The molecule has 5 heteroatoms. The molecule has 1 amide bonds. The molecule has 0 fully saturated rings. The molecule has 0 atom stereocenters. The van der Waals surface area contributed by atoms with Gasteiger partial charge in [-0.1, -0.05) is 6.07 Å². The number of phenolic OH excluding ortho intramolecular Hbond substituents is 1. The Balaban J connectivity index is 2.41. The lowest BCUT2D eigenvalue weighted by atomic mass is 10.1. The summed E-state index contributed by atoms with van der Waals surface area (Å²) in [4.78, 5) is 14.2. The molecule has 1 heterocycles. The number of amides is 1. The van der Waals surface area contributed by atoms with E-state index in [0.29, 0.717) is 29.2 Å². The predicted octanol–water partition coefficient (Wildman–Crippen LogP) is 2.47. The number of aromatic hydroxyl groups is 1. The summed E-state index contributed by atoms with van der Waals surface area (Å²) in [6.45, 7) is 5.95. The van der Waals surface area contributed by atoms with Crippen LogP contribution in [0.2, 0.25) is 0 Å². The van der Waals surface area contributed by atoms with Gasteiger partial charge in [-0.05, 0) is 39.0 Å². The Morgan fingerprint density at radius 3 is 2.65 bits per heavy atom. The summed E-state index contributed by atoms with van der Waals surface area (Å²) in [7, 11) is 0. The van der Waals surface area contributed by atoms with Crippen molar-refractivity contribution in [2.45, 2.75) is 20.8 Å². The van der Waals surface area contributed by atoms with E-state index in [0.717, 1.165) is 0 Å². The zero-order chi connectivity index (χ0) is 14.7. The van der Waals surface area contributed by atoms with Gasteiger partial charge in [0.05, 0.1) is 17.0 Å². The summed E-state index contributed by atoms with van der Waals surface area (Å²) in [5.74, 6) is -0.0110. The maximum absolute atomic E-state index is 12.6. The van der Waals surface area contributed by atoms with Crippen LogP contribution in [0.5, 0.6) is 5.75 Å². The lowest BCUT2D eigenvalue weighted by Gasteiger charge is -2.21. The molecule has 1 aromatic heterocycles. The second-order valence-corrected chi connectivity index (χ2v) is 4.55. The molecule has 0 spiro atoms. The highest BCUT2D eigenvalue weighted by molar-refractivity contribution is 6.06. The number of anilines is 1. The minimum atomic E-state index is -0.145. The van der Waals surface area contributed by atoms with Crippen LogP contribution < -0.4 is 4.90 Å². The third-order valence-corrected chi connectivity index (χ3v) is 3.03. The highest BCUT2D eigenvalue weighted by Crippen LogP contribution is 2.22. The highest BCUT2D eigenvalue weighted by atomic mass is 16.3. The van der Waals surface area contributed by atoms with Gasteiger partial charge in [-0.15, -0.1) is 0 Å². The molecule has 0 aliphatic heterocycles. The van der Waals surface area contributed by atoms with Crippen molar-refractivity contribution in [1.29, 1.82) is 0 Å². The van der Waals surface area contributed by atoms with Crippen LogP contribution in [0.1, 0.15) is 28.7 Å². The van der Waals surface area contributed by atoms with Crippen molar-refractivity contribution in [1.82, 2.24) is 10.2 Å². The van der Waals surface area contributed by atoms with Gasteiger partial charge in [0.2, 0.25) is 0 Å². The average molecular weight is 271 g/mol. The van der Waals surface area contributed by atoms with E-state index in [1.54, 1.807) is 49.1 Å². The zero-order valence-corrected chi connectivity index (χ0v) is 11.8.